The second-order valence-corrected chi connectivity index (χ2v) is 9.03. The lowest BCUT2D eigenvalue weighted by Gasteiger charge is -2.14. The predicted molar refractivity (Wildman–Crippen MR) is 145 cm³/mol. The van der Waals surface area contributed by atoms with Crippen LogP contribution in [0.2, 0.25) is 10.3 Å². The van der Waals surface area contributed by atoms with E-state index in [1.54, 1.807) is 24.1 Å². The third kappa shape index (κ3) is 6.81. The molecule has 2 aromatic carbocycles. The van der Waals surface area contributed by atoms with Gasteiger partial charge < -0.3 is 10.2 Å². The molecule has 0 atom stereocenters. The van der Waals surface area contributed by atoms with Crippen molar-refractivity contribution in [3.63, 3.8) is 0 Å². The van der Waals surface area contributed by atoms with Gasteiger partial charge in [-0.15, -0.1) is 5.10 Å². The summed E-state index contributed by atoms with van der Waals surface area (Å²) in [5.41, 5.74) is 2.85. The standard InChI is InChI=1S/C17H11ClF2N2.C9H10ClN5O2/c1-10-14(11-6-3-2-4-7-11)16(17(18)22-21-10)15-12(19)8-5-9-13(15)20;10-8-2-1-7(5-12-8)6-14-4-3-11-9(14)13-15(16)17/h2-9H,1H3;1-2,5H,3-4,6H2,(H,11,13). The van der Waals surface area contributed by atoms with Crippen molar-refractivity contribution in [1.82, 2.24) is 25.4 Å². The molecule has 1 saturated heterocycles. The SMILES string of the molecule is Cc1nnc(Cl)c(-c2c(F)cccc2F)c1-c1ccccc1.O=[N+]([O-])/N=C1\NCCN1Cc1ccc(Cl)nc1. The maximum atomic E-state index is 14.2. The first-order valence-corrected chi connectivity index (χ1v) is 12.3. The molecule has 4 aromatic rings. The fourth-order valence-electron chi connectivity index (χ4n) is 4.00. The van der Waals surface area contributed by atoms with Gasteiger partial charge >= 0.3 is 0 Å². The van der Waals surface area contributed by atoms with Crippen molar-refractivity contribution in [3.05, 3.63) is 110 Å². The monoisotopic (exact) mass is 571 g/mol. The molecular formula is C26H21Cl2F2N7O2. The maximum absolute atomic E-state index is 14.2. The highest BCUT2D eigenvalue weighted by Crippen LogP contribution is 2.39. The number of hydrogen-bond donors (Lipinski definition) is 1. The lowest BCUT2D eigenvalue weighted by molar-refractivity contribution is -0.485. The second kappa shape index (κ2) is 12.5. The highest BCUT2D eigenvalue weighted by Gasteiger charge is 2.23. The van der Waals surface area contributed by atoms with E-state index in [1.165, 1.54) is 18.2 Å². The number of hydrazone groups is 1. The zero-order valence-corrected chi connectivity index (χ0v) is 22.0. The number of rotatable bonds is 5. The number of guanidine groups is 1. The average molecular weight is 572 g/mol. The van der Waals surface area contributed by atoms with Crippen molar-refractivity contribution in [2.24, 2.45) is 5.10 Å². The summed E-state index contributed by atoms with van der Waals surface area (Å²) in [5, 5.41) is 23.9. The molecule has 1 aliphatic heterocycles. The van der Waals surface area contributed by atoms with E-state index in [0.717, 1.165) is 11.1 Å². The van der Waals surface area contributed by atoms with Gasteiger partial charge in [-0.25, -0.2) is 23.9 Å². The largest absolute Gasteiger partial charge is 0.349 e. The highest BCUT2D eigenvalue weighted by molar-refractivity contribution is 6.32. The summed E-state index contributed by atoms with van der Waals surface area (Å²) in [5.74, 6) is -1.09. The number of pyridine rings is 1. The Kier molecular flexibility index (Phi) is 8.95. The van der Waals surface area contributed by atoms with Crippen LogP contribution in [0.4, 0.5) is 8.78 Å². The van der Waals surface area contributed by atoms with Gasteiger partial charge in [0.15, 0.2) is 10.2 Å². The van der Waals surface area contributed by atoms with Crippen LogP contribution in [0.5, 0.6) is 0 Å². The fourth-order valence-corrected chi connectivity index (χ4v) is 4.33. The van der Waals surface area contributed by atoms with Crippen LogP contribution in [-0.2, 0) is 6.54 Å². The predicted octanol–water partition coefficient (Wildman–Crippen LogP) is 5.74. The number of hydrogen-bond acceptors (Lipinski definition) is 5. The van der Waals surface area contributed by atoms with E-state index in [0.29, 0.717) is 36.0 Å². The number of nitrogens with one attached hydrogen (secondary N) is 1. The van der Waals surface area contributed by atoms with Crippen LogP contribution >= 0.6 is 23.2 Å². The van der Waals surface area contributed by atoms with Crippen molar-refractivity contribution >= 4 is 29.2 Å². The van der Waals surface area contributed by atoms with Crippen LogP contribution in [-0.4, -0.2) is 44.2 Å². The maximum Gasteiger partial charge on any atom is 0.271 e. The number of nitrogens with zero attached hydrogens (tertiary/aromatic N) is 6. The summed E-state index contributed by atoms with van der Waals surface area (Å²) in [6.45, 7) is 3.57. The number of benzene rings is 2. The molecule has 39 heavy (non-hydrogen) atoms. The van der Waals surface area contributed by atoms with E-state index in [2.05, 4.69) is 25.6 Å². The Morgan fingerprint density at radius 2 is 1.72 bits per heavy atom. The van der Waals surface area contributed by atoms with E-state index >= 15 is 0 Å². The van der Waals surface area contributed by atoms with E-state index in [1.807, 2.05) is 36.4 Å². The molecule has 13 heteroatoms. The van der Waals surface area contributed by atoms with Gasteiger partial charge in [0, 0.05) is 37.0 Å². The van der Waals surface area contributed by atoms with Crippen LogP contribution in [0.25, 0.3) is 22.3 Å². The van der Waals surface area contributed by atoms with Crippen molar-refractivity contribution < 1.29 is 13.8 Å². The summed E-state index contributed by atoms with van der Waals surface area (Å²) in [6.07, 6.45) is 1.64. The third-order valence-corrected chi connectivity index (χ3v) is 6.17. The molecule has 0 bridgehead atoms. The minimum Gasteiger partial charge on any atom is -0.349 e. The molecule has 1 fully saturated rings. The Morgan fingerprint density at radius 1 is 1.00 bits per heavy atom. The molecule has 200 valence electrons. The molecule has 1 aliphatic rings. The van der Waals surface area contributed by atoms with Gasteiger partial charge in [-0.05, 0) is 36.2 Å². The highest BCUT2D eigenvalue weighted by atomic mass is 35.5. The molecule has 0 saturated carbocycles. The van der Waals surface area contributed by atoms with Crippen LogP contribution in [0.1, 0.15) is 11.3 Å². The minimum absolute atomic E-state index is 0.0338. The summed E-state index contributed by atoms with van der Waals surface area (Å²) >= 11 is 11.8. The van der Waals surface area contributed by atoms with Gasteiger partial charge in [-0.2, -0.15) is 5.10 Å². The minimum atomic E-state index is -0.708. The Morgan fingerprint density at radius 3 is 2.36 bits per heavy atom. The van der Waals surface area contributed by atoms with Crippen molar-refractivity contribution in [3.8, 4) is 22.3 Å². The Labute approximate surface area is 232 Å². The Bertz CT molecular complexity index is 1490. The summed E-state index contributed by atoms with van der Waals surface area (Å²) in [4.78, 5) is 16.1. The second-order valence-electron chi connectivity index (χ2n) is 8.29. The number of aryl methyl sites for hydroxylation is 1. The molecule has 3 heterocycles. The van der Waals surface area contributed by atoms with Crippen LogP contribution in [0.15, 0.2) is 72.0 Å². The molecule has 0 aliphatic carbocycles. The van der Waals surface area contributed by atoms with Gasteiger partial charge in [-0.1, -0.05) is 65.7 Å². The molecule has 0 unspecified atom stereocenters. The quantitative estimate of drug-likeness (QED) is 0.185. The van der Waals surface area contributed by atoms with E-state index in [4.69, 9.17) is 23.2 Å². The average Bonchev–Trinajstić information content (AvgIpc) is 3.34. The van der Waals surface area contributed by atoms with E-state index in [-0.39, 0.29) is 22.2 Å². The third-order valence-electron chi connectivity index (χ3n) is 5.68. The van der Waals surface area contributed by atoms with Crippen molar-refractivity contribution in [2.45, 2.75) is 13.5 Å². The van der Waals surface area contributed by atoms with Gasteiger partial charge in [-0.3, -0.25) is 0 Å². The summed E-state index contributed by atoms with van der Waals surface area (Å²) < 4.78 is 28.4. The van der Waals surface area contributed by atoms with Crippen LogP contribution in [0, 0.1) is 28.7 Å². The Balaban J connectivity index is 0.000000187. The zero-order valence-electron chi connectivity index (χ0n) is 20.5. The van der Waals surface area contributed by atoms with Gasteiger partial charge in [0.05, 0.1) is 11.3 Å². The number of halogens is 4. The fraction of sp³-hybridized carbons (Fsp3) is 0.154. The normalized spacial score (nSPS) is 13.6. The molecular weight excluding hydrogens is 551 g/mol. The lowest BCUT2D eigenvalue weighted by Crippen LogP contribution is -2.30. The van der Waals surface area contributed by atoms with Crippen molar-refractivity contribution in [2.75, 3.05) is 13.1 Å². The van der Waals surface area contributed by atoms with Crippen LogP contribution < -0.4 is 5.32 Å². The summed E-state index contributed by atoms with van der Waals surface area (Å²) in [6, 6.07) is 16.4. The smallest absolute Gasteiger partial charge is 0.271 e. The molecule has 9 nitrogen and oxygen atoms in total. The molecule has 0 radical (unpaired) electrons. The molecule has 5 rings (SSSR count). The van der Waals surface area contributed by atoms with E-state index < -0.39 is 16.7 Å². The lowest BCUT2D eigenvalue weighted by atomic mass is 9.94. The Hall–Kier alpha value is -4.22. The number of aromatic nitrogens is 3. The van der Waals surface area contributed by atoms with Gasteiger partial charge in [0.25, 0.3) is 5.96 Å². The molecule has 0 spiro atoms. The van der Waals surface area contributed by atoms with Crippen LogP contribution in [0.3, 0.4) is 0 Å². The first-order valence-electron chi connectivity index (χ1n) is 11.6. The van der Waals surface area contributed by atoms with E-state index in [9.17, 15) is 18.9 Å². The first-order chi connectivity index (χ1) is 18.7. The zero-order chi connectivity index (χ0) is 27.9. The van der Waals surface area contributed by atoms with Crippen molar-refractivity contribution in [1.29, 1.82) is 0 Å². The van der Waals surface area contributed by atoms with Gasteiger partial charge in [0.1, 0.15) is 21.9 Å². The molecule has 1 N–H and O–H groups in total. The first kappa shape index (κ1) is 27.8. The number of nitro groups is 1. The topological polar surface area (TPSA) is 109 Å². The molecule has 0 amide bonds. The van der Waals surface area contributed by atoms with Gasteiger partial charge in [0.2, 0.25) is 0 Å². The summed E-state index contributed by atoms with van der Waals surface area (Å²) in [7, 11) is 0. The molecule has 2 aromatic heterocycles.